The predicted molar refractivity (Wildman–Crippen MR) is 108 cm³/mol. The maximum Gasteiger partial charge on any atom is 0.434 e. The molecule has 1 aliphatic rings. The van der Waals surface area contributed by atoms with Crippen LogP contribution in [0.15, 0.2) is 47.8 Å². The summed E-state index contributed by atoms with van der Waals surface area (Å²) >= 11 is 1.04. The van der Waals surface area contributed by atoms with Crippen molar-refractivity contribution in [3.05, 3.63) is 64.2 Å². The molecule has 0 saturated carbocycles. The van der Waals surface area contributed by atoms with E-state index < -0.39 is 11.9 Å². The third kappa shape index (κ3) is 4.59. The van der Waals surface area contributed by atoms with Gasteiger partial charge in [0.25, 0.3) is 5.91 Å². The molecule has 1 aromatic carbocycles. The fourth-order valence-corrected chi connectivity index (χ4v) is 4.28. The second kappa shape index (κ2) is 8.39. The smallest absolute Gasteiger partial charge is 0.354 e. The van der Waals surface area contributed by atoms with Crippen LogP contribution in [0.5, 0.6) is 0 Å². The van der Waals surface area contributed by atoms with Gasteiger partial charge in [0, 0.05) is 30.1 Å². The molecule has 156 valence electrons. The molecule has 6 nitrogen and oxygen atoms in total. The number of piperidine rings is 1. The van der Waals surface area contributed by atoms with Gasteiger partial charge in [-0.1, -0.05) is 18.2 Å². The SMILES string of the molecule is O=C(Nc1ccccc1)c1ccc(N2CCCC(c3nc(C(F)(F)F)cs3)C2)nn1. The highest BCUT2D eigenvalue weighted by Crippen LogP contribution is 2.35. The lowest BCUT2D eigenvalue weighted by Gasteiger charge is -2.32. The van der Waals surface area contributed by atoms with E-state index in [1.54, 1.807) is 24.3 Å². The minimum absolute atomic E-state index is 0.0947. The summed E-state index contributed by atoms with van der Waals surface area (Å²) in [5.74, 6) is 0.130. The molecule has 1 fully saturated rings. The Hall–Kier alpha value is -3.01. The Bertz CT molecular complexity index is 1010. The Kier molecular flexibility index (Phi) is 5.67. The lowest BCUT2D eigenvalue weighted by Crippen LogP contribution is -2.35. The Morgan fingerprint density at radius 2 is 1.93 bits per heavy atom. The molecule has 0 spiro atoms. The fraction of sp³-hybridized carbons (Fsp3) is 0.300. The Balaban J connectivity index is 1.42. The van der Waals surface area contributed by atoms with Crippen molar-refractivity contribution in [3.8, 4) is 0 Å². The number of rotatable bonds is 4. The van der Waals surface area contributed by atoms with E-state index in [1.165, 1.54) is 0 Å². The Morgan fingerprint density at radius 3 is 2.60 bits per heavy atom. The van der Waals surface area contributed by atoms with E-state index in [-0.39, 0.29) is 17.5 Å². The number of nitrogens with zero attached hydrogens (tertiary/aromatic N) is 4. The highest BCUT2D eigenvalue weighted by atomic mass is 32.1. The van der Waals surface area contributed by atoms with Crippen LogP contribution in [0, 0.1) is 0 Å². The average Bonchev–Trinajstić information content (AvgIpc) is 3.26. The number of hydrogen-bond donors (Lipinski definition) is 1. The van der Waals surface area contributed by atoms with Crippen LogP contribution in [-0.2, 0) is 6.18 Å². The third-order valence-corrected chi connectivity index (χ3v) is 5.83. The van der Waals surface area contributed by atoms with Gasteiger partial charge in [0.15, 0.2) is 17.2 Å². The molecule has 1 aliphatic heterocycles. The molecule has 4 rings (SSSR count). The van der Waals surface area contributed by atoms with Gasteiger partial charge >= 0.3 is 6.18 Å². The molecule has 1 saturated heterocycles. The van der Waals surface area contributed by atoms with Crippen molar-refractivity contribution in [2.75, 3.05) is 23.3 Å². The van der Waals surface area contributed by atoms with Crippen molar-refractivity contribution in [2.24, 2.45) is 0 Å². The molecule has 30 heavy (non-hydrogen) atoms. The molecule has 3 heterocycles. The van der Waals surface area contributed by atoms with Gasteiger partial charge in [-0.25, -0.2) is 4.98 Å². The maximum absolute atomic E-state index is 12.8. The zero-order chi connectivity index (χ0) is 21.1. The van der Waals surface area contributed by atoms with Crippen LogP contribution in [-0.4, -0.2) is 34.2 Å². The summed E-state index contributed by atoms with van der Waals surface area (Å²) in [7, 11) is 0. The number of hydrogen-bond acceptors (Lipinski definition) is 6. The molecule has 2 aromatic heterocycles. The molecule has 1 unspecified atom stereocenters. The number of halogens is 3. The molecule has 1 N–H and O–H groups in total. The van der Waals surface area contributed by atoms with E-state index >= 15 is 0 Å². The summed E-state index contributed by atoms with van der Waals surface area (Å²) < 4.78 is 38.5. The minimum Gasteiger partial charge on any atom is -0.354 e. The molecule has 0 radical (unpaired) electrons. The number of carbonyl (C=O) groups excluding carboxylic acids is 1. The molecule has 3 aromatic rings. The summed E-state index contributed by atoms with van der Waals surface area (Å²) in [6.45, 7) is 1.23. The normalized spacial score (nSPS) is 17.0. The highest BCUT2D eigenvalue weighted by Gasteiger charge is 2.35. The largest absolute Gasteiger partial charge is 0.434 e. The molecule has 1 atom stereocenters. The quantitative estimate of drug-likeness (QED) is 0.652. The number of para-hydroxylation sites is 1. The van der Waals surface area contributed by atoms with E-state index in [9.17, 15) is 18.0 Å². The van der Waals surface area contributed by atoms with Crippen molar-refractivity contribution < 1.29 is 18.0 Å². The lowest BCUT2D eigenvalue weighted by molar-refractivity contribution is -0.140. The van der Waals surface area contributed by atoms with Crippen LogP contribution in [0.2, 0.25) is 0 Å². The van der Waals surface area contributed by atoms with Crippen molar-refractivity contribution in [1.82, 2.24) is 15.2 Å². The van der Waals surface area contributed by atoms with E-state index in [4.69, 9.17) is 0 Å². The van der Waals surface area contributed by atoms with Crippen LogP contribution < -0.4 is 10.2 Å². The Labute approximate surface area is 174 Å². The summed E-state index contributed by atoms with van der Waals surface area (Å²) in [6, 6.07) is 12.3. The first kappa shape index (κ1) is 20.3. The molecular weight excluding hydrogens is 415 g/mol. The molecule has 10 heteroatoms. The zero-order valence-electron chi connectivity index (χ0n) is 15.8. The van der Waals surface area contributed by atoms with E-state index in [2.05, 4.69) is 20.5 Å². The number of aromatic nitrogens is 3. The van der Waals surface area contributed by atoms with Crippen LogP contribution >= 0.6 is 11.3 Å². The summed E-state index contributed by atoms with van der Waals surface area (Å²) in [6.07, 6.45) is -2.85. The second-order valence-electron chi connectivity index (χ2n) is 6.95. The maximum atomic E-state index is 12.8. The number of thiazole rings is 1. The van der Waals surface area contributed by atoms with E-state index in [0.717, 1.165) is 36.1 Å². The van der Waals surface area contributed by atoms with Crippen LogP contribution in [0.25, 0.3) is 0 Å². The van der Waals surface area contributed by atoms with Gasteiger partial charge < -0.3 is 10.2 Å². The minimum atomic E-state index is -4.43. The van der Waals surface area contributed by atoms with Gasteiger partial charge in [0.1, 0.15) is 0 Å². The van der Waals surface area contributed by atoms with Crippen LogP contribution in [0.1, 0.15) is 39.9 Å². The lowest BCUT2D eigenvalue weighted by atomic mass is 9.99. The van der Waals surface area contributed by atoms with Crippen LogP contribution in [0.4, 0.5) is 24.7 Å². The summed E-state index contributed by atoms with van der Waals surface area (Å²) in [5.41, 5.74) is 0.00743. The predicted octanol–water partition coefficient (Wildman–Crippen LogP) is 4.59. The zero-order valence-corrected chi connectivity index (χ0v) is 16.6. The highest BCUT2D eigenvalue weighted by molar-refractivity contribution is 7.09. The topological polar surface area (TPSA) is 71.0 Å². The van der Waals surface area contributed by atoms with Gasteiger partial charge in [-0.3, -0.25) is 4.79 Å². The van der Waals surface area contributed by atoms with Gasteiger partial charge in [0.2, 0.25) is 0 Å². The van der Waals surface area contributed by atoms with Crippen LogP contribution in [0.3, 0.4) is 0 Å². The first-order valence-electron chi connectivity index (χ1n) is 9.38. The van der Waals surface area contributed by atoms with Crippen molar-refractivity contribution in [3.63, 3.8) is 0 Å². The van der Waals surface area contributed by atoms with Crippen molar-refractivity contribution in [1.29, 1.82) is 0 Å². The van der Waals surface area contributed by atoms with Gasteiger partial charge in [-0.05, 0) is 37.1 Å². The number of anilines is 2. The number of nitrogens with one attached hydrogen (secondary N) is 1. The molecule has 1 amide bonds. The number of carbonyl (C=O) groups is 1. The number of benzene rings is 1. The summed E-state index contributed by atoms with van der Waals surface area (Å²) in [4.78, 5) is 18.1. The van der Waals surface area contributed by atoms with E-state index in [1.807, 2.05) is 23.1 Å². The summed E-state index contributed by atoms with van der Waals surface area (Å²) in [5, 5.41) is 12.5. The second-order valence-corrected chi connectivity index (χ2v) is 7.84. The molecule has 0 aliphatic carbocycles. The van der Waals surface area contributed by atoms with Gasteiger partial charge in [-0.15, -0.1) is 21.5 Å². The van der Waals surface area contributed by atoms with Gasteiger partial charge in [-0.2, -0.15) is 13.2 Å². The first-order chi connectivity index (χ1) is 14.4. The first-order valence-corrected chi connectivity index (χ1v) is 10.3. The van der Waals surface area contributed by atoms with E-state index in [0.29, 0.717) is 23.1 Å². The van der Waals surface area contributed by atoms with Crippen molar-refractivity contribution in [2.45, 2.75) is 24.9 Å². The standard InChI is InChI=1S/C20H18F3N5OS/c21-20(22,23)16-12-30-19(25-16)13-5-4-10-28(11-13)17-9-8-15(26-27-17)18(29)24-14-6-2-1-3-7-14/h1-3,6-9,12-13H,4-5,10-11H2,(H,24,29). The molecular formula is C20H18F3N5OS. The monoisotopic (exact) mass is 433 g/mol. The Morgan fingerprint density at radius 1 is 1.13 bits per heavy atom. The molecule has 0 bridgehead atoms. The fourth-order valence-electron chi connectivity index (χ4n) is 3.32. The number of alkyl halides is 3. The van der Waals surface area contributed by atoms with Gasteiger partial charge in [0.05, 0.1) is 5.01 Å². The average molecular weight is 433 g/mol. The number of amides is 1. The van der Waals surface area contributed by atoms with Crippen molar-refractivity contribution >= 4 is 28.7 Å². The third-order valence-electron chi connectivity index (χ3n) is 4.82.